The van der Waals surface area contributed by atoms with Crippen molar-refractivity contribution in [2.75, 3.05) is 0 Å². The number of fused-ring (bicyclic) bond motifs is 1. The van der Waals surface area contributed by atoms with Crippen molar-refractivity contribution in [3.05, 3.63) is 40.2 Å². The molecule has 0 aliphatic carbocycles. The summed E-state index contributed by atoms with van der Waals surface area (Å²) >= 11 is 4.55. The highest BCUT2D eigenvalue weighted by Gasteiger charge is 2.02. The fourth-order valence-corrected chi connectivity index (χ4v) is 1.47. The summed E-state index contributed by atoms with van der Waals surface area (Å²) in [5.74, 6) is 0. The number of aryl methyl sites for hydroxylation is 1. The Morgan fingerprint density at radius 3 is 2.93 bits per heavy atom. The Kier molecular flexibility index (Phi) is 2.46. The van der Waals surface area contributed by atoms with Gasteiger partial charge in [-0.2, -0.15) is 4.99 Å². The van der Waals surface area contributed by atoms with Gasteiger partial charge in [0.15, 0.2) is 0 Å². The Bertz CT molecular complexity index is 624. The molecular formula is C11H7NO2S. The third-order valence-corrected chi connectivity index (χ3v) is 2.20. The van der Waals surface area contributed by atoms with Crippen LogP contribution in [0.5, 0.6) is 0 Å². The van der Waals surface area contributed by atoms with Crippen LogP contribution in [-0.4, -0.2) is 5.16 Å². The van der Waals surface area contributed by atoms with Crippen LogP contribution in [0.25, 0.3) is 11.0 Å². The summed E-state index contributed by atoms with van der Waals surface area (Å²) in [6, 6.07) is 6.65. The molecular weight excluding hydrogens is 210 g/mol. The van der Waals surface area contributed by atoms with Gasteiger partial charge in [-0.3, -0.25) is 0 Å². The molecule has 1 aromatic carbocycles. The molecule has 0 bridgehead atoms. The molecule has 3 nitrogen and oxygen atoms in total. The summed E-state index contributed by atoms with van der Waals surface area (Å²) in [6.07, 6.45) is 0. The van der Waals surface area contributed by atoms with Crippen LogP contribution in [0.15, 0.2) is 38.5 Å². The third kappa shape index (κ3) is 1.86. The second kappa shape index (κ2) is 3.77. The largest absolute Gasteiger partial charge is 0.423 e. The first kappa shape index (κ1) is 9.77. The topological polar surface area (TPSA) is 42.6 Å². The highest BCUT2D eigenvalue weighted by molar-refractivity contribution is 7.78. The number of hydrogen-bond acceptors (Lipinski definition) is 4. The number of thiocarbonyl (C=S) groups is 1. The zero-order valence-corrected chi connectivity index (χ0v) is 8.80. The first-order valence-electron chi connectivity index (χ1n) is 4.33. The standard InChI is InChI=1S/C11H7NO2S/c1-7-4-10-8(2-3-11(13)14-10)5-9(7)12-6-15/h2-5H,1H3. The average Bonchev–Trinajstić information content (AvgIpc) is 2.20. The van der Waals surface area contributed by atoms with Crippen molar-refractivity contribution in [3.63, 3.8) is 0 Å². The van der Waals surface area contributed by atoms with Crippen LogP contribution in [0.2, 0.25) is 0 Å². The molecule has 0 aliphatic heterocycles. The molecule has 1 aromatic heterocycles. The van der Waals surface area contributed by atoms with Crippen molar-refractivity contribution < 1.29 is 4.42 Å². The Morgan fingerprint density at radius 2 is 2.20 bits per heavy atom. The van der Waals surface area contributed by atoms with Gasteiger partial charge in [0, 0.05) is 11.5 Å². The molecule has 2 rings (SSSR count). The van der Waals surface area contributed by atoms with Gasteiger partial charge in [0.1, 0.15) is 5.58 Å². The molecule has 0 radical (unpaired) electrons. The van der Waals surface area contributed by atoms with Crippen molar-refractivity contribution in [1.29, 1.82) is 0 Å². The van der Waals surface area contributed by atoms with Gasteiger partial charge in [0.05, 0.1) is 10.8 Å². The van der Waals surface area contributed by atoms with Gasteiger partial charge in [-0.25, -0.2) is 4.79 Å². The highest BCUT2D eigenvalue weighted by Crippen LogP contribution is 2.24. The molecule has 0 amide bonds. The van der Waals surface area contributed by atoms with Crippen molar-refractivity contribution >= 4 is 34.0 Å². The van der Waals surface area contributed by atoms with E-state index >= 15 is 0 Å². The SMILES string of the molecule is Cc1cc2oc(=O)ccc2cc1N=C=S. The quantitative estimate of drug-likeness (QED) is 0.419. The van der Waals surface area contributed by atoms with Crippen LogP contribution >= 0.6 is 12.2 Å². The van der Waals surface area contributed by atoms with Gasteiger partial charge in [0.2, 0.25) is 0 Å². The molecule has 0 atom stereocenters. The van der Waals surface area contributed by atoms with E-state index < -0.39 is 0 Å². The van der Waals surface area contributed by atoms with E-state index in [4.69, 9.17) is 4.42 Å². The summed E-state index contributed by atoms with van der Waals surface area (Å²) in [6.45, 7) is 1.87. The molecule has 2 aromatic rings. The molecule has 0 saturated carbocycles. The zero-order chi connectivity index (χ0) is 10.8. The molecule has 0 saturated heterocycles. The summed E-state index contributed by atoms with van der Waals surface area (Å²) in [4.78, 5) is 14.9. The summed E-state index contributed by atoms with van der Waals surface area (Å²) in [5.41, 5.74) is 1.84. The second-order valence-corrected chi connectivity index (χ2v) is 3.32. The summed E-state index contributed by atoms with van der Waals surface area (Å²) < 4.78 is 5.03. The van der Waals surface area contributed by atoms with E-state index in [9.17, 15) is 4.79 Å². The van der Waals surface area contributed by atoms with Crippen molar-refractivity contribution in [2.45, 2.75) is 6.92 Å². The predicted octanol–water partition coefficient (Wildman–Crippen LogP) is 2.84. The molecule has 15 heavy (non-hydrogen) atoms. The Balaban J connectivity index is 2.81. The van der Waals surface area contributed by atoms with E-state index in [1.807, 2.05) is 13.0 Å². The Hall–Kier alpha value is -1.77. The lowest BCUT2D eigenvalue weighted by Gasteiger charge is -2.00. The lowest BCUT2D eigenvalue weighted by atomic mass is 10.1. The van der Waals surface area contributed by atoms with E-state index in [1.165, 1.54) is 6.07 Å². The zero-order valence-electron chi connectivity index (χ0n) is 7.98. The monoisotopic (exact) mass is 217 g/mol. The van der Waals surface area contributed by atoms with E-state index in [-0.39, 0.29) is 5.63 Å². The van der Waals surface area contributed by atoms with E-state index in [0.717, 1.165) is 16.6 Å². The molecule has 1 heterocycles. The van der Waals surface area contributed by atoms with Crippen LogP contribution in [-0.2, 0) is 0 Å². The normalized spacial score (nSPS) is 9.93. The van der Waals surface area contributed by atoms with Gasteiger partial charge in [0.25, 0.3) is 0 Å². The maximum atomic E-state index is 11.0. The predicted molar refractivity (Wildman–Crippen MR) is 61.9 cm³/mol. The second-order valence-electron chi connectivity index (χ2n) is 3.13. The minimum absolute atomic E-state index is 0.354. The van der Waals surface area contributed by atoms with Gasteiger partial charge < -0.3 is 4.42 Å². The molecule has 0 fully saturated rings. The summed E-state index contributed by atoms with van der Waals surface area (Å²) in [5, 5.41) is 3.14. The third-order valence-electron chi connectivity index (χ3n) is 2.10. The van der Waals surface area contributed by atoms with Gasteiger partial charge in [-0.05, 0) is 42.9 Å². The fourth-order valence-electron chi connectivity index (χ4n) is 1.37. The van der Waals surface area contributed by atoms with Crippen LogP contribution in [0.4, 0.5) is 5.69 Å². The average molecular weight is 217 g/mol. The van der Waals surface area contributed by atoms with Gasteiger partial charge in [-0.1, -0.05) is 0 Å². The molecule has 0 aliphatic rings. The van der Waals surface area contributed by atoms with Crippen LogP contribution in [0, 0.1) is 6.92 Å². The first-order valence-corrected chi connectivity index (χ1v) is 4.74. The number of nitrogens with zero attached hydrogens (tertiary/aromatic N) is 1. The lowest BCUT2D eigenvalue weighted by molar-refractivity contribution is 0.561. The number of hydrogen-bond donors (Lipinski definition) is 0. The number of aliphatic imine (C=N–C) groups is 1. The maximum Gasteiger partial charge on any atom is 0.336 e. The molecule has 0 N–H and O–H groups in total. The Morgan fingerprint density at radius 1 is 1.40 bits per heavy atom. The van der Waals surface area contributed by atoms with Crippen LogP contribution in [0.3, 0.4) is 0 Å². The van der Waals surface area contributed by atoms with Crippen LogP contribution in [0.1, 0.15) is 5.56 Å². The lowest BCUT2D eigenvalue weighted by Crippen LogP contribution is -1.94. The number of isothiocyanates is 1. The van der Waals surface area contributed by atoms with E-state index in [2.05, 4.69) is 22.4 Å². The van der Waals surface area contributed by atoms with Crippen molar-refractivity contribution in [2.24, 2.45) is 4.99 Å². The van der Waals surface area contributed by atoms with Gasteiger partial charge in [-0.15, -0.1) is 0 Å². The van der Waals surface area contributed by atoms with Crippen LogP contribution < -0.4 is 5.63 Å². The molecule has 74 valence electrons. The smallest absolute Gasteiger partial charge is 0.336 e. The minimum atomic E-state index is -0.354. The molecule has 0 spiro atoms. The minimum Gasteiger partial charge on any atom is -0.423 e. The van der Waals surface area contributed by atoms with Crippen molar-refractivity contribution in [1.82, 2.24) is 0 Å². The number of rotatable bonds is 1. The first-order chi connectivity index (χ1) is 7.20. The fraction of sp³-hybridized carbons (Fsp3) is 0.0909. The maximum absolute atomic E-state index is 11.0. The molecule has 4 heteroatoms. The summed E-state index contributed by atoms with van der Waals surface area (Å²) in [7, 11) is 0. The molecule has 0 unspecified atom stereocenters. The number of benzene rings is 1. The van der Waals surface area contributed by atoms with E-state index in [0.29, 0.717) is 5.58 Å². The highest BCUT2D eigenvalue weighted by atomic mass is 32.1. The Labute approximate surface area is 91.1 Å². The van der Waals surface area contributed by atoms with Crippen molar-refractivity contribution in [3.8, 4) is 0 Å². The van der Waals surface area contributed by atoms with E-state index in [1.54, 1.807) is 12.1 Å². The van der Waals surface area contributed by atoms with Gasteiger partial charge >= 0.3 is 5.63 Å².